The van der Waals surface area contributed by atoms with E-state index in [1.54, 1.807) is 0 Å². The standard InChI is InChI=1S/C21H28N2O/c1-5-23(6-2)15-19-12-10-18(11-13-19)14-22-21(24)20-9-7-8-16(3)17(20)4/h7-13H,5-6,14-15H2,1-4H3,(H,22,24). The van der Waals surface area contributed by atoms with Gasteiger partial charge in [-0.15, -0.1) is 0 Å². The molecule has 0 aliphatic heterocycles. The quantitative estimate of drug-likeness (QED) is 0.832. The number of amides is 1. The van der Waals surface area contributed by atoms with Crippen LogP contribution in [-0.2, 0) is 13.1 Å². The highest BCUT2D eigenvalue weighted by Crippen LogP contribution is 2.13. The first-order valence-corrected chi connectivity index (χ1v) is 8.69. The molecule has 0 aliphatic rings. The maximum Gasteiger partial charge on any atom is 0.251 e. The van der Waals surface area contributed by atoms with Crippen molar-refractivity contribution in [3.05, 3.63) is 70.3 Å². The first-order chi connectivity index (χ1) is 11.5. The van der Waals surface area contributed by atoms with Gasteiger partial charge in [-0.25, -0.2) is 0 Å². The van der Waals surface area contributed by atoms with Crippen molar-refractivity contribution in [2.75, 3.05) is 13.1 Å². The SMILES string of the molecule is CCN(CC)Cc1ccc(CNC(=O)c2cccc(C)c2C)cc1. The molecule has 0 unspecified atom stereocenters. The molecule has 0 saturated heterocycles. The third-order valence-corrected chi connectivity index (χ3v) is 4.63. The first kappa shape index (κ1) is 18.2. The van der Waals surface area contributed by atoms with E-state index in [9.17, 15) is 4.79 Å². The summed E-state index contributed by atoms with van der Waals surface area (Å²) in [5.74, 6) is -0.0107. The Hall–Kier alpha value is -2.13. The average Bonchev–Trinajstić information content (AvgIpc) is 2.61. The molecular formula is C21H28N2O. The summed E-state index contributed by atoms with van der Waals surface area (Å²) in [6, 6.07) is 14.3. The Balaban J connectivity index is 1.94. The molecule has 0 radical (unpaired) electrons. The van der Waals surface area contributed by atoms with Crippen molar-refractivity contribution < 1.29 is 4.79 Å². The Kier molecular flexibility index (Phi) is 6.56. The van der Waals surface area contributed by atoms with Crippen LogP contribution in [0.4, 0.5) is 0 Å². The van der Waals surface area contributed by atoms with Gasteiger partial charge >= 0.3 is 0 Å². The molecule has 1 N–H and O–H groups in total. The molecular weight excluding hydrogens is 296 g/mol. The summed E-state index contributed by atoms with van der Waals surface area (Å²) in [6.07, 6.45) is 0. The Morgan fingerprint density at radius 2 is 1.58 bits per heavy atom. The van der Waals surface area contributed by atoms with E-state index in [-0.39, 0.29) is 5.91 Å². The second-order valence-electron chi connectivity index (χ2n) is 6.21. The topological polar surface area (TPSA) is 32.3 Å². The summed E-state index contributed by atoms with van der Waals surface area (Å²) in [5.41, 5.74) is 5.38. The normalized spacial score (nSPS) is 10.9. The molecule has 2 aromatic rings. The van der Waals surface area contributed by atoms with Gasteiger partial charge in [0.1, 0.15) is 0 Å². The summed E-state index contributed by atoms with van der Waals surface area (Å²) in [7, 11) is 0. The third kappa shape index (κ3) is 4.68. The molecule has 0 heterocycles. The first-order valence-electron chi connectivity index (χ1n) is 8.69. The van der Waals surface area contributed by atoms with Gasteiger partial charge in [-0.05, 0) is 55.3 Å². The molecule has 3 heteroatoms. The number of rotatable bonds is 7. The van der Waals surface area contributed by atoms with Crippen LogP contribution in [0.15, 0.2) is 42.5 Å². The lowest BCUT2D eigenvalue weighted by molar-refractivity contribution is 0.0950. The van der Waals surface area contributed by atoms with Gasteiger partial charge in [-0.2, -0.15) is 0 Å². The second kappa shape index (κ2) is 8.65. The van der Waals surface area contributed by atoms with Crippen LogP contribution < -0.4 is 5.32 Å². The lowest BCUT2D eigenvalue weighted by Gasteiger charge is -2.18. The maximum absolute atomic E-state index is 12.4. The van der Waals surface area contributed by atoms with Crippen molar-refractivity contribution in [1.29, 1.82) is 0 Å². The Morgan fingerprint density at radius 1 is 0.958 bits per heavy atom. The van der Waals surface area contributed by atoms with Crippen LogP contribution >= 0.6 is 0 Å². The van der Waals surface area contributed by atoms with Crippen molar-refractivity contribution in [2.45, 2.75) is 40.8 Å². The van der Waals surface area contributed by atoms with Crippen LogP contribution in [0.2, 0.25) is 0 Å². The fourth-order valence-electron chi connectivity index (χ4n) is 2.74. The highest BCUT2D eigenvalue weighted by atomic mass is 16.1. The Labute approximate surface area is 145 Å². The number of hydrogen-bond acceptors (Lipinski definition) is 2. The number of nitrogens with zero attached hydrogens (tertiary/aromatic N) is 1. The Morgan fingerprint density at radius 3 is 2.21 bits per heavy atom. The highest BCUT2D eigenvalue weighted by molar-refractivity contribution is 5.95. The predicted octanol–water partition coefficient (Wildman–Crippen LogP) is 4.08. The van der Waals surface area contributed by atoms with Crippen LogP contribution in [0.3, 0.4) is 0 Å². The minimum absolute atomic E-state index is 0.0107. The summed E-state index contributed by atoms with van der Waals surface area (Å²) >= 11 is 0. The third-order valence-electron chi connectivity index (χ3n) is 4.63. The highest BCUT2D eigenvalue weighted by Gasteiger charge is 2.09. The van der Waals surface area contributed by atoms with E-state index < -0.39 is 0 Å². The zero-order valence-electron chi connectivity index (χ0n) is 15.2. The zero-order chi connectivity index (χ0) is 17.5. The largest absolute Gasteiger partial charge is 0.348 e. The summed E-state index contributed by atoms with van der Waals surface area (Å²) in [5, 5.41) is 3.02. The molecule has 0 spiro atoms. The number of aryl methyl sites for hydroxylation is 1. The van der Waals surface area contributed by atoms with E-state index in [4.69, 9.17) is 0 Å². The van der Waals surface area contributed by atoms with Crippen LogP contribution in [0.25, 0.3) is 0 Å². The van der Waals surface area contributed by atoms with E-state index in [2.05, 4.69) is 48.3 Å². The van der Waals surface area contributed by atoms with E-state index in [0.29, 0.717) is 6.54 Å². The van der Waals surface area contributed by atoms with Crippen molar-refractivity contribution in [1.82, 2.24) is 10.2 Å². The van der Waals surface area contributed by atoms with Gasteiger partial charge < -0.3 is 5.32 Å². The number of nitrogens with one attached hydrogen (secondary N) is 1. The fraction of sp³-hybridized carbons (Fsp3) is 0.381. The van der Waals surface area contributed by atoms with Crippen molar-refractivity contribution in [3.8, 4) is 0 Å². The van der Waals surface area contributed by atoms with Gasteiger partial charge in [0.15, 0.2) is 0 Å². The molecule has 0 aliphatic carbocycles. The number of hydrogen-bond donors (Lipinski definition) is 1. The van der Waals surface area contributed by atoms with Crippen LogP contribution in [0.1, 0.15) is 46.5 Å². The summed E-state index contributed by atoms with van der Waals surface area (Å²) < 4.78 is 0. The van der Waals surface area contributed by atoms with E-state index >= 15 is 0 Å². The monoisotopic (exact) mass is 324 g/mol. The second-order valence-corrected chi connectivity index (χ2v) is 6.21. The molecule has 24 heavy (non-hydrogen) atoms. The van der Waals surface area contributed by atoms with Crippen molar-refractivity contribution >= 4 is 5.91 Å². The van der Waals surface area contributed by atoms with E-state index in [1.165, 1.54) is 5.56 Å². The van der Waals surface area contributed by atoms with Gasteiger partial charge in [0.2, 0.25) is 0 Å². The molecule has 0 saturated carbocycles. The number of benzene rings is 2. The van der Waals surface area contributed by atoms with Gasteiger partial charge in [0, 0.05) is 18.7 Å². The van der Waals surface area contributed by atoms with Crippen LogP contribution in [-0.4, -0.2) is 23.9 Å². The molecule has 128 valence electrons. The molecule has 2 aromatic carbocycles. The van der Waals surface area contributed by atoms with Crippen molar-refractivity contribution in [2.24, 2.45) is 0 Å². The predicted molar refractivity (Wildman–Crippen MR) is 100 cm³/mol. The van der Waals surface area contributed by atoms with Gasteiger partial charge in [-0.3, -0.25) is 9.69 Å². The average molecular weight is 324 g/mol. The Bertz CT molecular complexity index is 673. The molecule has 0 fully saturated rings. The van der Waals surface area contributed by atoms with Gasteiger partial charge in [-0.1, -0.05) is 50.2 Å². The van der Waals surface area contributed by atoms with Crippen molar-refractivity contribution in [3.63, 3.8) is 0 Å². The summed E-state index contributed by atoms with van der Waals surface area (Å²) in [6.45, 7) is 12.0. The number of carbonyl (C=O) groups is 1. The molecule has 0 aromatic heterocycles. The molecule has 1 amide bonds. The van der Waals surface area contributed by atoms with Crippen LogP contribution in [0, 0.1) is 13.8 Å². The van der Waals surface area contributed by atoms with E-state index in [1.807, 2.05) is 32.0 Å². The molecule has 3 nitrogen and oxygen atoms in total. The minimum Gasteiger partial charge on any atom is -0.348 e. The van der Waals surface area contributed by atoms with Gasteiger partial charge in [0.05, 0.1) is 0 Å². The zero-order valence-corrected chi connectivity index (χ0v) is 15.2. The van der Waals surface area contributed by atoms with E-state index in [0.717, 1.165) is 41.9 Å². The molecule has 0 bridgehead atoms. The lowest BCUT2D eigenvalue weighted by atomic mass is 10.0. The summed E-state index contributed by atoms with van der Waals surface area (Å²) in [4.78, 5) is 14.7. The fourth-order valence-corrected chi connectivity index (χ4v) is 2.74. The lowest BCUT2D eigenvalue weighted by Crippen LogP contribution is -2.24. The number of carbonyl (C=O) groups excluding carboxylic acids is 1. The smallest absolute Gasteiger partial charge is 0.251 e. The van der Waals surface area contributed by atoms with Gasteiger partial charge in [0.25, 0.3) is 5.91 Å². The molecule has 0 atom stereocenters. The minimum atomic E-state index is -0.0107. The van der Waals surface area contributed by atoms with Crippen LogP contribution in [0.5, 0.6) is 0 Å². The maximum atomic E-state index is 12.4. The molecule has 2 rings (SSSR count).